The number of imidazole rings is 1. The highest BCUT2D eigenvalue weighted by atomic mass is 16.2. The summed E-state index contributed by atoms with van der Waals surface area (Å²) in [6, 6.07) is 0. The van der Waals surface area contributed by atoms with Gasteiger partial charge >= 0.3 is 0 Å². The Hall–Kier alpha value is -1.85. The van der Waals surface area contributed by atoms with E-state index in [1.807, 2.05) is 16.0 Å². The zero-order valence-corrected chi connectivity index (χ0v) is 16.9. The highest BCUT2D eigenvalue weighted by Gasteiger charge is 2.34. The van der Waals surface area contributed by atoms with Crippen molar-refractivity contribution in [3.05, 3.63) is 18.2 Å². The number of hydrogen-bond acceptors (Lipinski definition) is 3. The third kappa shape index (κ3) is 4.71. The van der Waals surface area contributed by atoms with Crippen LogP contribution in [0.4, 0.5) is 0 Å². The van der Waals surface area contributed by atoms with Gasteiger partial charge in [0.05, 0.1) is 5.92 Å². The number of rotatable bonds is 7. The average molecular weight is 375 g/mol. The topological polar surface area (TPSA) is 58.4 Å². The lowest BCUT2D eigenvalue weighted by atomic mass is 9.92. The number of piperidine rings is 2. The smallest absolute Gasteiger partial charge is 0.227 e. The number of carbonyl (C=O) groups is 2. The molecule has 3 rings (SSSR count). The van der Waals surface area contributed by atoms with Crippen LogP contribution >= 0.6 is 0 Å². The first-order chi connectivity index (χ1) is 13.1. The number of aromatic nitrogens is 2. The van der Waals surface area contributed by atoms with Crippen LogP contribution in [0.1, 0.15) is 70.5 Å². The van der Waals surface area contributed by atoms with E-state index in [9.17, 15) is 9.59 Å². The number of likely N-dealkylation sites (tertiary alicyclic amines) is 2. The van der Waals surface area contributed by atoms with Crippen LogP contribution in [0.15, 0.2) is 12.4 Å². The Bertz CT molecular complexity index is 634. The Morgan fingerprint density at radius 3 is 2.63 bits per heavy atom. The van der Waals surface area contributed by atoms with E-state index in [0.29, 0.717) is 25.3 Å². The molecule has 150 valence electrons. The number of amides is 2. The molecule has 27 heavy (non-hydrogen) atoms. The van der Waals surface area contributed by atoms with Gasteiger partial charge < -0.3 is 14.4 Å². The van der Waals surface area contributed by atoms with E-state index >= 15 is 0 Å². The van der Waals surface area contributed by atoms with Crippen molar-refractivity contribution in [1.82, 2.24) is 19.4 Å². The SMILES string of the molecule is CCCCn1ccnc1C1CCN(C(=O)[C@H]2CCC(=O)N(CCC)C2)CC1. The van der Waals surface area contributed by atoms with Crippen LogP contribution in [0, 0.1) is 5.92 Å². The molecule has 0 saturated carbocycles. The Labute approximate surface area is 162 Å². The van der Waals surface area contributed by atoms with E-state index in [-0.39, 0.29) is 17.7 Å². The van der Waals surface area contributed by atoms with E-state index in [2.05, 4.69) is 29.6 Å². The van der Waals surface area contributed by atoms with Crippen LogP contribution in [0.3, 0.4) is 0 Å². The molecule has 1 aromatic rings. The van der Waals surface area contributed by atoms with Crippen molar-refractivity contribution in [1.29, 1.82) is 0 Å². The van der Waals surface area contributed by atoms with Gasteiger partial charge in [0.1, 0.15) is 5.82 Å². The summed E-state index contributed by atoms with van der Waals surface area (Å²) < 4.78 is 2.29. The Morgan fingerprint density at radius 1 is 1.15 bits per heavy atom. The summed E-state index contributed by atoms with van der Waals surface area (Å²) in [6.07, 6.45) is 10.5. The maximum Gasteiger partial charge on any atom is 0.227 e. The Balaban J connectivity index is 1.54. The van der Waals surface area contributed by atoms with Gasteiger partial charge in [0, 0.05) is 57.5 Å². The zero-order valence-electron chi connectivity index (χ0n) is 16.9. The lowest BCUT2D eigenvalue weighted by Crippen LogP contribution is -2.48. The summed E-state index contributed by atoms with van der Waals surface area (Å²) in [5.74, 6) is 2.07. The van der Waals surface area contributed by atoms with Crippen molar-refractivity contribution < 1.29 is 9.59 Å². The van der Waals surface area contributed by atoms with Gasteiger partial charge in [0.15, 0.2) is 0 Å². The maximum atomic E-state index is 13.0. The Kier molecular flexibility index (Phi) is 6.91. The fourth-order valence-corrected chi connectivity index (χ4v) is 4.42. The molecule has 2 saturated heterocycles. The van der Waals surface area contributed by atoms with Gasteiger partial charge in [-0.2, -0.15) is 0 Å². The highest BCUT2D eigenvalue weighted by Crippen LogP contribution is 2.29. The first-order valence-electron chi connectivity index (χ1n) is 10.7. The van der Waals surface area contributed by atoms with Crippen LogP contribution in [-0.4, -0.2) is 57.3 Å². The van der Waals surface area contributed by atoms with E-state index in [4.69, 9.17) is 0 Å². The molecule has 0 aromatic carbocycles. The van der Waals surface area contributed by atoms with Gasteiger partial charge in [-0.05, 0) is 32.1 Å². The van der Waals surface area contributed by atoms with E-state index < -0.39 is 0 Å². The standard InChI is InChI=1S/C21H34N4O2/c1-3-5-12-23-15-10-22-20(23)17-8-13-24(14-9-17)21(27)18-6-7-19(26)25(16-18)11-4-2/h10,15,17-18H,3-9,11-14,16H2,1-2H3/t18-/m0/s1. The summed E-state index contributed by atoms with van der Waals surface area (Å²) in [6.45, 7) is 8.31. The first-order valence-corrected chi connectivity index (χ1v) is 10.7. The number of aryl methyl sites for hydroxylation is 1. The van der Waals surface area contributed by atoms with Crippen molar-refractivity contribution in [3.8, 4) is 0 Å². The minimum atomic E-state index is -0.0164. The third-order valence-electron chi connectivity index (χ3n) is 6.01. The molecule has 0 radical (unpaired) electrons. The van der Waals surface area contributed by atoms with Gasteiger partial charge in [0.25, 0.3) is 0 Å². The van der Waals surface area contributed by atoms with Crippen molar-refractivity contribution >= 4 is 11.8 Å². The largest absolute Gasteiger partial charge is 0.342 e. The van der Waals surface area contributed by atoms with Crippen molar-refractivity contribution in [2.24, 2.45) is 5.92 Å². The van der Waals surface area contributed by atoms with Gasteiger partial charge in [-0.1, -0.05) is 20.3 Å². The van der Waals surface area contributed by atoms with Gasteiger partial charge in [-0.25, -0.2) is 4.98 Å². The maximum absolute atomic E-state index is 13.0. The van der Waals surface area contributed by atoms with Crippen LogP contribution in [0.5, 0.6) is 0 Å². The zero-order chi connectivity index (χ0) is 19.2. The summed E-state index contributed by atoms with van der Waals surface area (Å²) >= 11 is 0. The molecule has 1 atom stereocenters. The summed E-state index contributed by atoms with van der Waals surface area (Å²) in [5, 5.41) is 0. The fraction of sp³-hybridized carbons (Fsp3) is 0.762. The second-order valence-electron chi connectivity index (χ2n) is 8.01. The molecule has 2 aliphatic heterocycles. The lowest BCUT2D eigenvalue weighted by Gasteiger charge is -2.37. The predicted molar refractivity (Wildman–Crippen MR) is 105 cm³/mol. The number of nitrogens with zero attached hydrogens (tertiary/aromatic N) is 4. The van der Waals surface area contributed by atoms with Gasteiger partial charge in [-0.15, -0.1) is 0 Å². The van der Waals surface area contributed by atoms with Gasteiger partial charge in [-0.3, -0.25) is 9.59 Å². The molecule has 0 aliphatic carbocycles. The molecule has 2 aliphatic rings. The number of carbonyl (C=O) groups excluding carboxylic acids is 2. The van der Waals surface area contributed by atoms with Crippen molar-refractivity contribution in [2.75, 3.05) is 26.2 Å². The molecule has 6 heteroatoms. The molecule has 0 unspecified atom stereocenters. The van der Waals surface area contributed by atoms with Gasteiger partial charge in [0.2, 0.25) is 11.8 Å². The quantitative estimate of drug-likeness (QED) is 0.737. The molecule has 2 fully saturated rings. The second kappa shape index (κ2) is 9.38. The fourth-order valence-electron chi connectivity index (χ4n) is 4.42. The van der Waals surface area contributed by atoms with E-state index in [1.165, 1.54) is 18.7 Å². The minimum absolute atomic E-state index is 0.0164. The molecular weight excluding hydrogens is 340 g/mol. The van der Waals surface area contributed by atoms with Crippen LogP contribution in [0.2, 0.25) is 0 Å². The van der Waals surface area contributed by atoms with Crippen LogP contribution in [-0.2, 0) is 16.1 Å². The molecule has 0 bridgehead atoms. The lowest BCUT2D eigenvalue weighted by molar-refractivity contribution is -0.143. The normalized spacial score (nSPS) is 21.7. The first kappa shape index (κ1) is 19.9. The van der Waals surface area contributed by atoms with E-state index in [1.54, 1.807) is 0 Å². The number of unbranched alkanes of at least 4 members (excludes halogenated alkanes) is 1. The van der Waals surface area contributed by atoms with E-state index in [0.717, 1.165) is 45.4 Å². The van der Waals surface area contributed by atoms with Crippen molar-refractivity contribution in [3.63, 3.8) is 0 Å². The molecular formula is C21H34N4O2. The highest BCUT2D eigenvalue weighted by molar-refractivity contribution is 5.84. The molecule has 2 amide bonds. The van der Waals surface area contributed by atoms with Crippen LogP contribution < -0.4 is 0 Å². The predicted octanol–water partition coefficient (Wildman–Crippen LogP) is 3.04. The summed E-state index contributed by atoms with van der Waals surface area (Å²) in [7, 11) is 0. The average Bonchev–Trinajstić information content (AvgIpc) is 3.16. The molecule has 3 heterocycles. The van der Waals surface area contributed by atoms with Crippen molar-refractivity contribution in [2.45, 2.75) is 71.3 Å². The Morgan fingerprint density at radius 2 is 1.93 bits per heavy atom. The summed E-state index contributed by atoms with van der Waals surface area (Å²) in [4.78, 5) is 33.5. The summed E-state index contributed by atoms with van der Waals surface area (Å²) in [5.41, 5.74) is 0. The van der Waals surface area contributed by atoms with Crippen LogP contribution in [0.25, 0.3) is 0 Å². The molecule has 6 nitrogen and oxygen atoms in total. The monoisotopic (exact) mass is 374 g/mol. The number of hydrogen-bond donors (Lipinski definition) is 0. The molecule has 0 N–H and O–H groups in total. The third-order valence-corrected chi connectivity index (χ3v) is 6.01. The molecule has 1 aromatic heterocycles. The minimum Gasteiger partial charge on any atom is -0.342 e. The molecule has 0 spiro atoms. The second-order valence-corrected chi connectivity index (χ2v) is 8.01.